The molecule has 0 aromatic carbocycles. The lowest BCUT2D eigenvalue weighted by Gasteiger charge is -2.48. The standard InChI is InChI=1S/C20H22N6O2S/c1-12-16(29-13(2)22-12)19(27)26-10-20(11-26)8-15(25(3)9-20)17-23-18(28-24-17)14-6-4-5-7-21-14/h4-7,15H,8-11H2,1-3H3. The molecule has 2 aliphatic heterocycles. The minimum absolute atomic E-state index is 0.0841. The first-order chi connectivity index (χ1) is 13.9. The summed E-state index contributed by atoms with van der Waals surface area (Å²) in [6.07, 6.45) is 2.62. The number of carbonyl (C=O) groups excluding carboxylic acids is 1. The number of hydrogen-bond donors (Lipinski definition) is 0. The smallest absolute Gasteiger partial charge is 0.276 e. The van der Waals surface area contributed by atoms with Gasteiger partial charge in [-0.15, -0.1) is 11.3 Å². The molecule has 29 heavy (non-hydrogen) atoms. The number of aryl methyl sites for hydroxylation is 2. The maximum atomic E-state index is 12.8. The van der Waals surface area contributed by atoms with E-state index in [0.717, 1.165) is 41.6 Å². The van der Waals surface area contributed by atoms with Gasteiger partial charge < -0.3 is 9.42 Å². The van der Waals surface area contributed by atoms with E-state index >= 15 is 0 Å². The molecule has 3 aromatic heterocycles. The Morgan fingerprint density at radius 1 is 1.24 bits per heavy atom. The van der Waals surface area contributed by atoms with Crippen molar-refractivity contribution in [2.45, 2.75) is 26.3 Å². The molecule has 1 unspecified atom stereocenters. The summed E-state index contributed by atoms with van der Waals surface area (Å²) in [4.78, 5) is 31.0. The van der Waals surface area contributed by atoms with E-state index in [0.29, 0.717) is 17.4 Å². The van der Waals surface area contributed by atoms with Gasteiger partial charge in [-0.2, -0.15) is 4.98 Å². The van der Waals surface area contributed by atoms with Gasteiger partial charge in [0.15, 0.2) is 5.82 Å². The van der Waals surface area contributed by atoms with Crippen LogP contribution in [0.2, 0.25) is 0 Å². The fourth-order valence-corrected chi connectivity index (χ4v) is 5.42. The van der Waals surface area contributed by atoms with E-state index in [4.69, 9.17) is 4.52 Å². The monoisotopic (exact) mass is 410 g/mol. The summed E-state index contributed by atoms with van der Waals surface area (Å²) in [6.45, 7) is 6.27. The lowest BCUT2D eigenvalue weighted by atomic mass is 9.77. The fraction of sp³-hybridized carbons (Fsp3) is 0.450. The molecule has 150 valence electrons. The van der Waals surface area contributed by atoms with E-state index in [2.05, 4.69) is 32.1 Å². The van der Waals surface area contributed by atoms with Crippen LogP contribution in [0, 0.1) is 19.3 Å². The molecule has 1 spiro atoms. The Bertz CT molecular complexity index is 1060. The van der Waals surface area contributed by atoms with Crippen LogP contribution in [0.1, 0.15) is 38.7 Å². The molecule has 1 amide bonds. The Morgan fingerprint density at radius 2 is 2.07 bits per heavy atom. The molecular weight excluding hydrogens is 388 g/mol. The van der Waals surface area contributed by atoms with Crippen LogP contribution in [0.25, 0.3) is 11.6 Å². The topological polar surface area (TPSA) is 88.2 Å². The van der Waals surface area contributed by atoms with Crippen molar-refractivity contribution in [2.75, 3.05) is 26.7 Å². The first-order valence-electron chi connectivity index (χ1n) is 9.63. The molecule has 0 aliphatic carbocycles. The molecule has 2 aliphatic rings. The summed E-state index contributed by atoms with van der Waals surface area (Å²) in [7, 11) is 2.08. The predicted octanol–water partition coefficient (Wildman–Crippen LogP) is 2.72. The number of thiazole rings is 1. The van der Waals surface area contributed by atoms with Gasteiger partial charge in [-0.25, -0.2) is 4.98 Å². The number of likely N-dealkylation sites (tertiary alicyclic amines) is 2. The van der Waals surface area contributed by atoms with Crippen LogP contribution in [0.5, 0.6) is 0 Å². The maximum absolute atomic E-state index is 12.8. The van der Waals surface area contributed by atoms with Crippen LogP contribution in [-0.2, 0) is 0 Å². The van der Waals surface area contributed by atoms with Crippen molar-refractivity contribution in [3.63, 3.8) is 0 Å². The second-order valence-corrected chi connectivity index (χ2v) is 9.32. The molecule has 5 heterocycles. The molecule has 2 fully saturated rings. The Balaban J connectivity index is 1.28. The van der Waals surface area contributed by atoms with Gasteiger partial charge in [0.25, 0.3) is 11.8 Å². The molecule has 5 rings (SSSR count). The predicted molar refractivity (Wildman–Crippen MR) is 107 cm³/mol. The highest BCUT2D eigenvalue weighted by molar-refractivity contribution is 7.13. The Morgan fingerprint density at radius 3 is 2.76 bits per heavy atom. The molecular formula is C20H22N6O2S. The van der Waals surface area contributed by atoms with Gasteiger partial charge in [-0.3, -0.25) is 14.7 Å². The van der Waals surface area contributed by atoms with Gasteiger partial charge >= 0.3 is 0 Å². The first kappa shape index (κ1) is 18.4. The van der Waals surface area contributed by atoms with Crippen molar-refractivity contribution >= 4 is 17.2 Å². The highest BCUT2D eigenvalue weighted by Gasteiger charge is 2.53. The quantitative estimate of drug-likeness (QED) is 0.656. The van der Waals surface area contributed by atoms with Gasteiger partial charge in [0.05, 0.1) is 16.7 Å². The Hall–Kier alpha value is -2.65. The number of nitrogens with zero attached hydrogens (tertiary/aromatic N) is 6. The van der Waals surface area contributed by atoms with E-state index in [1.165, 1.54) is 11.3 Å². The summed E-state index contributed by atoms with van der Waals surface area (Å²) < 4.78 is 5.44. The summed E-state index contributed by atoms with van der Waals surface area (Å²) in [5.74, 6) is 1.22. The Labute approximate surface area is 172 Å². The van der Waals surface area contributed by atoms with Gasteiger partial charge in [0.2, 0.25) is 0 Å². The lowest BCUT2D eigenvalue weighted by molar-refractivity contribution is 0.0118. The van der Waals surface area contributed by atoms with Crippen molar-refractivity contribution in [2.24, 2.45) is 5.41 Å². The Kier molecular flexibility index (Phi) is 4.25. The van der Waals surface area contributed by atoms with E-state index in [9.17, 15) is 4.79 Å². The van der Waals surface area contributed by atoms with Gasteiger partial charge in [-0.05, 0) is 39.4 Å². The summed E-state index contributed by atoms with van der Waals surface area (Å²) >= 11 is 1.48. The number of pyridine rings is 1. The fourth-order valence-electron chi connectivity index (χ4n) is 4.53. The summed E-state index contributed by atoms with van der Waals surface area (Å²) in [6, 6.07) is 5.69. The van der Waals surface area contributed by atoms with Gasteiger partial charge in [0.1, 0.15) is 10.6 Å². The minimum atomic E-state index is 0.0841. The third-order valence-corrected chi connectivity index (χ3v) is 6.87. The van der Waals surface area contributed by atoms with Crippen molar-refractivity contribution < 1.29 is 9.32 Å². The molecule has 2 saturated heterocycles. The van der Waals surface area contributed by atoms with Crippen LogP contribution in [0.15, 0.2) is 28.9 Å². The normalized spacial score (nSPS) is 20.9. The van der Waals surface area contributed by atoms with Crippen molar-refractivity contribution in [1.29, 1.82) is 0 Å². The zero-order valence-corrected chi connectivity index (χ0v) is 17.4. The second-order valence-electron chi connectivity index (χ2n) is 8.12. The zero-order chi connectivity index (χ0) is 20.2. The molecule has 3 aromatic rings. The van der Waals surface area contributed by atoms with Crippen molar-refractivity contribution in [3.05, 3.63) is 45.8 Å². The minimum Gasteiger partial charge on any atom is -0.337 e. The van der Waals surface area contributed by atoms with E-state index in [1.807, 2.05) is 36.9 Å². The van der Waals surface area contributed by atoms with Crippen LogP contribution in [0.4, 0.5) is 0 Å². The van der Waals surface area contributed by atoms with Crippen LogP contribution >= 0.6 is 11.3 Å². The molecule has 0 radical (unpaired) electrons. The third-order valence-electron chi connectivity index (χ3n) is 5.80. The molecule has 1 atom stereocenters. The molecule has 0 bridgehead atoms. The van der Waals surface area contributed by atoms with Crippen molar-refractivity contribution in [1.82, 2.24) is 29.9 Å². The zero-order valence-electron chi connectivity index (χ0n) is 16.6. The number of amides is 1. The molecule has 8 nitrogen and oxygen atoms in total. The largest absolute Gasteiger partial charge is 0.337 e. The second kappa shape index (κ2) is 6.70. The highest BCUT2D eigenvalue weighted by Crippen LogP contribution is 2.47. The number of hydrogen-bond acceptors (Lipinski definition) is 8. The SMILES string of the molecule is Cc1nc(C)c(C(=O)N2CC3(CC(c4noc(-c5ccccn5)n4)N(C)C3)C2)s1. The van der Waals surface area contributed by atoms with E-state index in [1.54, 1.807) is 6.20 Å². The van der Waals surface area contributed by atoms with Crippen LogP contribution in [0.3, 0.4) is 0 Å². The van der Waals surface area contributed by atoms with Crippen LogP contribution in [-0.4, -0.2) is 62.5 Å². The van der Waals surface area contributed by atoms with Gasteiger partial charge in [-0.1, -0.05) is 11.2 Å². The van der Waals surface area contributed by atoms with Crippen molar-refractivity contribution in [3.8, 4) is 11.6 Å². The summed E-state index contributed by atoms with van der Waals surface area (Å²) in [5.41, 5.74) is 1.60. The highest BCUT2D eigenvalue weighted by atomic mass is 32.1. The lowest BCUT2D eigenvalue weighted by Crippen LogP contribution is -2.59. The van der Waals surface area contributed by atoms with Crippen LogP contribution < -0.4 is 0 Å². The van der Waals surface area contributed by atoms with E-state index < -0.39 is 0 Å². The molecule has 9 heteroatoms. The van der Waals surface area contributed by atoms with Gasteiger partial charge in [0, 0.05) is 31.2 Å². The number of rotatable bonds is 3. The first-order valence-corrected chi connectivity index (χ1v) is 10.4. The molecule has 0 N–H and O–H groups in total. The number of aromatic nitrogens is 4. The third kappa shape index (κ3) is 3.14. The molecule has 0 saturated carbocycles. The maximum Gasteiger partial charge on any atom is 0.276 e. The average molecular weight is 411 g/mol. The number of carbonyl (C=O) groups is 1. The average Bonchev–Trinajstić information content (AvgIpc) is 3.37. The van der Waals surface area contributed by atoms with E-state index in [-0.39, 0.29) is 17.4 Å². The summed E-state index contributed by atoms with van der Waals surface area (Å²) in [5, 5.41) is 5.14.